The highest BCUT2D eigenvalue weighted by molar-refractivity contribution is 7.89. The monoisotopic (exact) mass is 640 g/mol. The molecule has 0 atom stereocenters. The molecule has 44 heavy (non-hydrogen) atoms. The second-order valence-electron chi connectivity index (χ2n) is 10.8. The zero-order chi connectivity index (χ0) is 31.8. The Morgan fingerprint density at radius 2 is 1.52 bits per heavy atom. The molecule has 1 fully saturated rings. The van der Waals surface area contributed by atoms with Crippen molar-refractivity contribution in [3.05, 3.63) is 60.0 Å². The van der Waals surface area contributed by atoms with Gasteiger partial charge >= 0.3 is 0 Å². The average Bonchev–Trinajstić information content (AvgIpc) is 3.00. The number of ketones is 1. The third-order valence-electron chi connectivity index (χ3n) is 8.36. The minimum absolute atomic E-state index is 0.0172. The lowest BCUT2D eigenvalue weighted by Crippen LogP contribution is -2.38. The van der Waals surface area contributed by atoms with E-state index in [0.29, 0.717) is 27.9 Å². The van der Waals surface area contributed by atoms with Gasteiger partial charge in [-0.15, -0.1) is 0 Å². The molecule has 2 aromatic rings. The molecule has 0 spiro atoms. The Bertz CT molecular complexity index is 1980. The summed E-state index contributed by atoms with van der Waals surface area (Å²) in [7, 11) is -9.00. The van der Waals surface area contributed by atoms with Crippen molar-refractivity contribution < 1.29 is 30.6 Å². The number of hydrogen-bond donors (Lipinski definition) is 1. The fourth-order valence-corrected chi connectivity index (χ4v) is 8.20. The highest BCUT2D eigenvalue weighted by Crippen LogP contribution is 2.43. The summed E-state index contributed by atoms with van der Waals surface area (Å²) in [5.41, 5.74) is 2.72. The summed E-state index contributed by atoms with van der Waals surface area (Å²) in [6.45, 7) is 11.4. The molecule has 2 heterocycles. The highest BCUT2D eigenvalue weighted by atomic mass is 32.2. The Labute approximate surface area is 258 Å². The van der Waals surface area contributed by atoms with Gasteiger partial charge in [0.05, 0.1) is 11.0 Å². The number of anilines is 1. The summed E-state index contributed by atoms with van der Waals surface area (Å²) in [6, 6.07) is 15.2. The van der Waals surface area contributed by atoms with E-state index in [0.717, 1.165) is 43.3 Å². The summed E-state index contributed by atoms with van der Waals surface area (Å²) in [4.78, 5) is 13.1. The van der Waals surface area contributed by atoms with Crippen molar-refractivity contribution in [2.75, 3.05) is 44.2 Å². The molecule has 12 heteroatoms. The van der Waals surface area contributed by atoms with Gasteiger partial charge < -0.3 is 9.32 Å². The van der Waals surface area contributed by atoms with E-state index in [2.05, 4.69) is 37.2 Å². The molecule has 0 bridgehead atoms. The van der Waals surface area contributed by atoms with E-state index in [1.54, 1.807) is 0 Å². The molecular weight excluding hydrogens is 603 g/mol. The predicted molar refractivity (Wildman–Crippen MR) is 171 cm³/mol. The van der Waals surface area contributed by atoms with Gasteiger partial charge in [-0.25, -0.2) is 13.0 Å². The van der Waals surface area contributed by atoms with Gasteiger partial charge in [-0.3, -0.25) is 9.35 Å². The van der Waals surface area contributed by atoms with Crippen LogP contribution in [0.15, 0.2) is 68.8 Å². The van der Waals surface area contributed by atoms with Crippen LogP contribution in [0.4, 0.5) is 5.69 Å². The molecule has 0 aromatic heterocycles. The second kappa shape index (κ2) is 12.4. The van der Waals surface area contributed by atoms with Gasteiger partial charge in [0.25, 0.3) is 10.1 Å². The molecule has 0 radical (unpaired) electrons. The largest absolute Gasteiger partial charge is 0.456 e. The van der Waals surface area contributed by atoms with E-state index in [1.807, 2.05) is 36.4 Å². The van der Waals surface area contributed by atoms with Gasteiger partial charge in [-0.05, 0) is 58.0 Å². The average molecular weight is 641 g/mol. The molecule has 1 aliphatic carbocycles. The van der Waals surface area contributed by atoms with Gasteiger partial charge in [-0.1, -0.05) is 6.07 Å². The number of fused-ring (bicyclic) bond motifs is 2. The van der Waals surface area contributed by atoms with Gasteiger partial charge in [0.15, 0.2) is 0 Å². The fourth-order valence-electron chi connectivity index (χ4n) is 5.94. The quantitative estimate of drug-likeness (QED) is 0.161. The van der Waals surface area contributed by atoms with Gasteiger partial charge in [-0.2, -0.15) is 12.7 Å². The van der Waals surface area contributed by atoms with Crippen LogP contribution in [0.1, 0.15) is 40.5 Å². The van der Waals surface area contributed by atoms with E-state index in [4.69, 9.17) is 4.42 Å². The highest BCUT2D eigenvalue weighted by Gasteiger charge is 2.31. The third-order valence-corrected chi connectivity index (χ3v) is 11.2. The molecule has 0 amide bonds. The number of nitrogens with zero attached hydrogens (tertiary/aromatic N) is 3. The summed E-state index contributed by atoms with van der Waals surface area (Å²) >= 11 is 0. The molecule has 1 N–H and O–H groups in total. The fraction of sp³-hybridized carbons (Fsp3) is 0.375. The number of benzene rings is 3. The number of rotatable bonds is 9. The Morgan fingerprint density at radius 3 is 2.14 bits per heavy atom. The minimum atomic E-state index is -4.88. The maximum atomic E-state index is 13.5. The van der Waals surface area contributed by atoms with Crippen LogP contribution in [0, 0.1) is 0 Å². The first-order valence-electron chi connectivity index (χ1n) is 14.9. The SMILES string of the molecule is CCN(CC)c1ccc2c(-c3ccc(S(=O)(=O)N4CCC(=O)CC4)cc3S(=O)(=O)O)c3ccc(=[N+](CC)CC)cc-3oc2c1. The standard InChI is InChI=1S/C32H37N3O7S2/c1-5-33(6-2)22-9-12-26-29(19-22)42-30-20-23(34(7-3)8-4)10-13-27(30)32(26)28-14-11-25(21-31(28)44(39,40)41)43(37,38)35-17-15-24(36)16-18-35/h9-14,19-21H,5-8,15-18H2,1-4H3/p+1. The van der Waals surface area contributed by atoms with E-state index in [1.165, 1.54) is 16.4 Å². The first-order chi connectivity index (χ1) is 20.9. The molecule has 10 nitrogen and oxygen atoms in total. The van der Waals surface area contributed by atoms with E-state index < -0.39 is 25.0 Å². The normalized spacial score (nSPS) is 14.8. The Hall–Kier alpha value is -3.58. The molecular formula is C32H38N3O7S2+. The lowest BCUT2D eigenvalue weighted by Gasteiger charge is -2.26. The van der Waals surface area contributed by atoms with Crippen molar-refractivity contribution in [3.63, 3.8) is 0 Å². The molecule has 1 saturated heterocycles. The van der Waals surface area contributed by atoms with E-state index in [9.17, 15) is 26.2 Å². The minimum Gasteiger partial charge on any atom is -0.456 e. The lowest BCUT2D eigenvalue weighted by atomic mass is 9.93. The Balaban J connectivity index is 1.82. The van der Waals surface area contributed by atoms with Crippen molar-refractivity contribution >= 4 is 42.6 Å². The maximum absolute atomic E-state index is 13.5. The molecule has 5 rings (SSSR count). The van der Waals surface area contributed by atoms with Crippen LogP contribution in [-0.4, -0.2) is 70.7 Å². The molecule has 0 saturated carbocycles. The smallest absolute Gasteiger partial charge is 0.295 e. The predicted octanol–water partition coefficient (Wildman–Crippen LogP) is 4.46. The summed E-state index contributed by atoms with van der Waals surface area (Å²) in [5, 5.41) is 1.55. The van der Waals surface area contributed by atoms with Crippen LogP contribution in [0.25, 0.3) is 33.4 Å². The topological polar surface area (TPSA) is 128 Å². The van der Waals surface area contributed by atoms with E-state index in [-0.39, 0.29) is 42.2 Å². The van der Waals surface area contributed by atoms with E-state index >= 15 is 0 Å². The Morgan fingerprint density at radius 1 is 0.864 bits per heavy atom. The first-order valence-corrected chi connectivity index (χ1v) is 17.8. The molecule has 0 unspecified atom stereocenters. The van der Waals surface area contributed by atoms with Crippen molar-refractivity contribution in [1.82, 2.24) is 8.88 Å². The van der Waals surface area contributed by atoms with Crippen molar-refractivity contribution in [3.8, 4) is 22.5 Å². The summed E-state index contributed by atoms with van der Waals surface area (Å²) in [5.74, 6) is 0.497. The number of carbonyl (C=O) groups excluding carboxylic acids is 1. The third kappa shape index (κ3) is 5.91. The zero-order valence-electron chi connectivity index (χ0n) is 25.4. The number of carbonyl (C=O) groups is 1. The van der Waals surface area contributed by atoms with Crippen molar-refractivity contribution in [2.24, 2.45) is 0 Å². The Kier molecular flexibility index (Phi) is 8.99. The van der Waals surface area contributed by atoms with Crippen LogP contribution >= 0.6 is 0 Å². The number of hydrogen-bond acceptors (Lipinski definition) is 7. The second-order valence-corrected chi connectivity index (χ2v) is 14.1. The van der Waals surface area contributed by atoms with Gasteiger partial charge in [0.2, 0.25) is 15.4 Å². The summed E-state index contributed by atoms with van der Waals surface area (Å²) in [6.07, 6.45) is 0.192. The van der Waals surface area contributed by atoms with Crippen molar-refractivity contribution in [1.29, 1.82) is 0 Å². The zero-order valence-corrected chi connectivity index (χ0v) is 27.0. The number of sulfonamides is 1. The van der Waals surface area contributed by atoms with Crippen molar-refractivity contribution in [2.45, 2.75) is 50.3 Å². The van der Waals surface area contributed by atoms with Gasteiger partial charge in [0.1, 0.15) is 35.1 Å². The molecule has 234 valence electrons. The van der Waals surface area contributed by atoms with Crippen LogP contribution in [0.5, 0.6) is 0 Å². The number of piperidine rings is 1. The first kappa shape index (κ1) is 31.8. The molecule has 2 aromatic carbocycles. The number of Topliss-reactive ketones (excluding diaryl/α,β-unsaturated/α-hetero) is 1. The maximum Gasteiger partial charge on any atom is 0.295 e. The molecule has 2 aliphatic heterocycles. The van der Waals surface area contributed by atoms with Crippen LogP contribution in [-0.2, 0) is 24.9 Å². The van der Waals surface area contributed by atoms with Gasteiger partial charge in [0, 0.05) is 78.9 Å². The molecule has 3 aliphatic rings. The van der Waals surface area contributed by atoms with Crippen LogP contribution in [0.2, 0.25) is 0 Å². The summed E-state index contributed by atoms with van der Waals surface area (Å²) < 4.78 is 73.0. The van der Waals surface area contributed by atoms with Crippen LogP contribution < -0.4 is 14.8 Å². The van der Waals surface area contributed by atoms with Crippen LogP contribution in [0.3, 0.4) is 0 Å². The lowest BCUT2D eigenvalue weighted by molar-refractivity contribution is -0.120.